The van der Waals surface area contributed by atoms with E-state index >= 15 is 0 Å². The van der Waals surface area contributed by atoms with Crippen molar-refractivity contribution in [1.82, 2.24) is 0 Å². The van der Waals surface area contributed by atoms with Crippen molar-refractivity contribution in [3.05, 3.63) is 0 Å². The molecule has 4 nitrogen and oxygen atoms in total. The van der Waals surface area contributed by atoms with Gasteiger partial charge in [-0.3, -0.25) is 0 Å². The van der Waals surface area contributed by atoms with Crippen molar-refractivity contribution in [3.8, 4) is 0 Å². The molecule has 0 aromatic carbocycles. The second kappa shape index (κ2) is 5.61. The zero-order valence-electron chi connectivity index (χ0n) is 6.10. The molecule has 1 saturated heterocycles. The Labute approximate surface area is 89.0 Å². The van der Waals surface area contributed by atoms with Gasteiger partial charge in [-0.25, -0.2) is 8.42 Å². The quantitative estimate of drug-likeness (QED) is 0.542. The summed E-state index contributed by atoms with van der Waals surface area (Å²) >= 11 is 0. The number of aliphatic hydroxyl groups excluding tert-OH is 2. The molecular formula is C4H12O4S4. The van der Waals surface area contributed by atoms with Crippen molar-refractivity contribution in [2.75, 3.05) is 11.5 Å². The molecule has 2 N–H and O–H groups in total. The van der Waals surface area contributed by atoms with E-state index in [0.29, 0.717) is 10.8 Å². The Bertz CT molecular complexity index is 213. The van der Waals surface area contributed by atoms with E-state index < -0.39 is 21.1 Å². The van der Waals surface area contributed by atoms with Crippen LogP contribution in [0.2, 0.25) is 0 Å². The van der Waals surface area contributed by atoms with Crippen LogP contribution in [0.1, 0.15) is 0 Å². The van der Waals surface area contributed by atoms with E-state index in [1.165, 1.54) is 0 Å². The van der Waals surface area contributed by atoms with Gasteiger partial charge in [-0.2, -0.15) is 27.0 Å². The second-order valence-electron chi connectivity index (χ2n) is 2.14. The van der Waals surface area contributed by atoms with Gasteiger partial charge in [-0.1, -0.05) is 0 Å². The third-order valence-corrected chi connectivity index (χ3v) is 4.72. The standard InChI is InChI=1S/C4H8O4S2.2H2S/c5-3-1-9-10(7,8)2-4(3)6;;/h3-6H,1-2H2;2*1H2/t3-,4-;;/m1../s1. The van der Waals surface area contributed by atoms with Crippen molar-refractivity contribution in [3.63, 3.8) is 0 Å². The van der Waals surface area contributed by atoms with Gasteiger partial charge < -0.3 is 10.2 Å². The minimum atomic E-state index is -3.16. The fourth-order valence-corrected chi connectivity index (χ4v) is 3.71. The van der Waals surface area contributed by atoms with Crippen LogP contribution in [0.5, 0.6) is 0 Å². The van der Waals surface area contributed by atoms with Crippen molar-refractivity contribution >= 4 is 46.7 Å². The highest BCUT2D eigenvalue weighted by atomic mass is 33.1. The van der Waals surface area contributed by atoms with Gasteiger partial charge >= 0.3 is 0 Å². The molecule has 0 bridgehead atoms. The molecule has 0 aliphatic carbocycles. The Morgan fingerprint density at radius 1 is 1.17 bits per heavy atom. The topological polar surface area (TPSA) is 74.6 Å². The van der Waals surface area contributed by atoms with Crippen LogP contribution in [-0.2, 0) is 8.87 Å². The van der Waals surface area contributed by atoms with Gasteiger partial charge in [0.2, 0.25) is 8.87 Å². The van der Waals surface area contributed by atoms with E-state index in [9.17, 15) is 8.42 Å². The molecule has 8 heteroatoms. The molecule has 0 amide bonds. The summed E-state index contributed by atoms with van der Waals surface area (Å²) < 4.78 is 21.4. The highest BCUT2D eigenvalue weighted by Gasteiger charge is 2.30. The van der Waals surface area contributed by atoms with Crippen LogP contribution in [0.4, 0.5) is 0 Å². The van der Waals surface area contributed by atoms with Gasteiger partial charge in [0.05, 0.1) is 18.0 Å². The number of rotatable bonds is 0. The number of hydrogen-bond donors (Lipinski definition) is 2. The Kier molecular flexibility index (Phi) is 7.19. The Balaban J connectivity index is 0. The van der Waals surface area contributed by atoms with Crippen LogP contribution in [-0.4, -0.2) is 42.3 Å². The Morgan fingerprint density at radius 3 is 2.00 bits per heavy atom. The summed E-state index contributed by atoms with van der Waals surface area (Å²) in [6, 6.07) is 0. The van der Waals surface area contributed by atoms with Crippen LogP contribution in [0.25, 0.3) is 0 Å². The van der Waals surface area contributed by atoms with Crippen LogP contribution >= 0.6 is 37.8 Å². The lowest BCUT2D eigenvalue weighted by Gasteiger charge is -2.21. The Hall–Kier alpha value is 0.920. The van der Waals surface area contributed by atoms with Crippen molar-refractivity contribution in [2.45, 2.75) is 12.2 Å². The highest BCUT2D eigenvalue weighted by molar-refractivity contribution is 8.72. The smallest absolute Gasteiger partial charge is 0.204 e. The predicted octanol–water partition coefficient (Wildman–Crippen LogP) is -0.990. The number of hydrogen-bond acceptors (Lipinski definition) is 5. The van der Waals surface area contributed by atoms with E-state index in [1.807, 2.05) is 0 Å². The third-order valence-electron chi connectivity index (χ3n) is 1.24. The van der Waals surface area contributed by atoms with Crippen molar-refractivity contribution in [1.29, 1.82) is 0 Å². The molecule has 1 aliphatic heterocycles. The zero-order chi connectivity index (χ0) is 7.78. The van der Waals surface area contributed by atoms with Gasteiger partial charge in [-0.15, -0.1) is 0 Å². The normalized spacial score (nSPS) is 32.8. The maximum Gasteiger partial charge on any atom is 0.204 e. The monoisotopic (exact) mass is 252 g/mol. The first kappa shape index (κ1) is 15.4. The molecule has 2 atom stereocenters. The molecule has 12 heavy (non-hydrogen) atoms. The minimum Gasteiger partial charge on any atom is -0.389 e. The van der Waals surface area contributed by atoms with E-state index in [2.05, 4.69) is 0 Å². The molecule has 0 radical (unpaired) electrons. The third kappa shape index (κ3) is 4.24. The summed E-state index contributed by atoms with van der Waals surface area (Å²) in [5.74, 6) is -0.262. The summed E-state index contributed by atoms with van der Waals surface area (Å²) in [4.78, 5) is 0. The molecule has 0 unspecified atom stereocenters. The van der Waals surface area contributed by atoms with E-state index in [0.717, 1.165) is 0 Å². The van der Waals surface area contributed by atoms with Crippen molar-refractivity contribution < 1.29 is 18.6 Å². The maximum absolute atomic E-state index is 10.7. The average Bonchev–Trinajstić information content (AvgIpc) is 1.79. The summed E-state index contributed by atoms with van der Waals surface area (Å²) in [7, 11) is -2.46. The zero-order valence-corrected chi connectivity index (χ0v) is 9.73. The van der Waals surface area contributed by atoms with Crippen LogP contribution < -0.4 is 0 Å². The molecule has 1 fully saturated rings. The van der Waals surface area contributed by atoms with Crippen LogP contribution in [0, 0.1) is 0 Å². The fraction of sp³-hybridized carbons (Fsp3) is 1.00. The van der Waals surface area contributed by atoms with Gasteiger partial charge in [-0.05, 0) is 10.8 Å². The molecule has 0 aromatic rings. The first-order valence-electron chi connectivity index (χ1n) is 2.74. The molecule has 76 valence electrons. The summed E-state index contributed by atoms with van der Waals surface area (Å²) in [5, 5.41) is 17.7. The molecule has 0 spiro atoms. The van der Waals surface area contributed by atoms with Gasteiger partial charge in [0.25, 0.3) is 0 Å². The molecule has 0 saturated carbocycles. The highest BCUT2D eigenvalue weighted by Crippen LogP contribution is 2.22. The summed E-state index contributed by atoms with van der Waals surface area (Å²) in [5.41, 5.74) is 0. The van der Waals surface area contributed by atoms with Gasteiger partial charge in [0.1, 0.15) is 0 Å². The molecule has 1 rings (SSSR count). The lowest BCUT2D eigenvalue weighted by Crippen LogP contribution is -2.38. The largest absolute Gasteiger partial charge is 0.389 e. The SMILES string of the molecule is O=S1(=O)C[C@@H](O)[C@H](O)CS1.S.S. The van der Waals surface area contributed by atoms with E-state index in [1.54, 1.807) is 0 Å². The Morgan fingerprint density at radius 2 is 1.67 bits per heavy atom. The maximum atomic E-state index is 10.7. The van der Waals surface area contributed by atoms with Gasteiger partial charge in [0, 0.05) is 5.75 Å². The first-order valence-corrected chi connectivity index (χ1v) is 5.90. The minimum absolute atomic E-state index is 0. The summed E-state index contributed by atoms with van der Waals surface area (Å²) in [6.07, 6.45) is -2.00. The van der Waals surface area contributed by atoms with E-state index in [4.69, 9.17) is 10.2 Å². The molecule has 0 aromatic heterocycles. The van der Waals surface area contributed by atoms with Crippen LogP contribution in [0.15, 0.2) is 0 Å². The average molecular weight is 252 g/mol. The van der Waals surface area contributed by atoms with Crippen LogP contribution in [0.3, 0.4) is 0 Å². The fourth-order valence-electron chi connectivity index (χ4n) is 0.653. The summed E-state index contributed by atoms with van der Waals surface area (Å²) in [6.45, 7) is 0. The lowest BCUT2D eigenvalue weighted by molar-refractivity contribution is 0.0480. The predicted molar refractivity (Wildman–Crippen MR) is 59.0 cm³/mol. The van der Waals surface area contributed by atoms with Crippen molar-refractivity contribution in [2.24, 2.45) is 0 Å². The molecular weight excluding hydrogens is 240 g/mol. The molecule has 1 aliphatic rings. The first-order chi connectivity index (χ1) is 4.51. The van der Waals surface area contributed by atoms with E-state index in [-0.39, 0.29) is 38.5 Å². The lowest BCUT2D eigenvalue weighted by atomic mass is 10.3. The second-order valence-corrected chi connectivity index (χ2v) is 6.39. The number of aliphatic hydroxyl groups is 2. The molecule has 1 heterocycles. The van der Waals surface area contributed by atoms with Gasteiger partial charge in [0.15, 0.2) is 0 Å².